The first kappa shape index (κ1) is 24.8. The van der Waals surface area contributed by atoms with Crippen LogP contribution in [0, 0.1) is 0 Å². The molecule has 0 radical (unpaired) electrons. The number of phenols is 1. The molecule has 4 heteroatoms. The topological polar surface area (TPSA) is 55.8 Å². The van der Waals surface area contributed by atoms with Gasteiger partial charge in [0, 0.05) is 0 Å². The number of benzene rings is 2. The monoisotopic (exact) mass is 426 g/mol. The first-order valence-electron chi connectivity index (χ1n) is 11.4. The SMILES string of the molecule is CCC(CCCC(C)c1ccc(OC(C)C(=O)OC(C)(C)C)cc1)c1ccc(O)cc1. The maximum absolute atomic E-state index is 12.1. The van der Waals surface area contributed by atoms with Crippen molar-refractivity contribution in [3.8, 4) is 11.5 Å². The fourth-order valence-corrected chi connectivity index (χ4v) is 3.70. The summed E-state index contributed by atoms with van der Waals surface area (Å²) >= 11 is 0. The van der Waals surface area contributed by atoms with E-state index in [9.17, 15) is 9.90 Å². The van der Waals surface area contributed by atoms with Crippen LogP contribution in [0.1, 0.15) is 90.2 Å². The molecule has 4 nitrogen and oxygen atoms in total. The third-order valence-electron chi connectivity index (χ3n) is 5.55. The molecule has 2 rings (SSSR count). The van der Waals surface area contributed by atoms with Crippen molar-refractivity contribution < 1.29 is 19.4 Å². The van der Waals surface area contributed by atoms with Crippen LogP contribution in [0.2, 0.25) is 0 Å². The van der Waals surface area contributed by atoms with Crippen LogP contribution in [0.4, 0.5) is 0 Å². The van der Waals surface area contributed by atoms with Crippen molar-refractivity contribution >= 4 is 5.97 Å². The van der Waals surface area contributed by atoms with Crippen LogP contribution < -0.4 is 4.74 Å². The average molecular weight is 427 g/mol. The molecule has 0 saturated heterocycles. The Balaban J connectivity index is 1.84. The van der Waals surface area contributed by atoms with E-state index in [2.05, 4.69) is 26.0 Å². The highest BCUT2D eigenvalue weighted by Crippen LogP contribution is 2.30. The molecule has 0 aliphatic heterocycles. The highest BCUT2D eigenvalue weighted by atomic mass is 16.6. The number of hydrogen-bond donors (Lipinski definition) is 1. The van der Waals surface area contributed by atoms with Crippen LogP contribution in [-0.2, 0) is 9.53 Å². The summed E-state index contributed by atoms with van der Waals surface area (Å²) < 4.78 is 11.1. The second-order valence-corrected chi connectivity index (χ2v) is 9.39. The highest BCUT2D eigenvalue weighted by Gasteiger charge is 2.23. The summed E-state index contributed by atoms with van der Waals surface area (Å²) in [7, 11) is 0. The van der Waals surface area contributed by atoms with Gasteiger partial charge in [0.05, 0.1) is 0 Å². The third kappa shape index (κ3) is 8.28. The summed E-state index contributed by atoms with van der Waals surface area (Å²) in [5.74, 6) is 1.62. The van der Waals surface area contributed by atoms with Gasteiger partial charge in [-0.3, -0.25) is 0 Å². The lowest BCUT2D eigenvalue weighted by Gasteiger charge is -2.22. The molecule has 0 saturated carbocycles. The highest BCUT2D eigenvalue weighted by molar-refractivity contribution is 5.75. The fraction of sp³-hybridized carbons (Fsp3) is 0.519. The number of esters is 1. The largest absolute Gasteiger partial charge is 0.508 e. The second-order valence-electron chi connectivity index (χ2n) is 9.39. The molecule has 0 aromatic heterocycles. The molecule has 31 heavy (non-hydrogen) atoms. The summed E-state index contributed by atoms with van der Waals surface area (Å²) in [5, 5.41) is 9.49. The van der Waals surface area contributed by atoms with Gasteiger partial charge in [0.15, 0.2) is 6.10 Å². The van der Waals surface area contributed by atoms with Crippen molar-refractivity contribution in [1.29, 1.82) is 0 Å². The Morgan fingerprint density at radius 3 is 2.06 bits per heavy atom. The first-order valence-corrected chi connectivity index (χ1v) is 11.4. The number of ether oxygens (including phenoxy) is 2. The van der Waals surface area contributed by atoms with Gasteiger partial charge >= 0.3 is 5.97 Å². The molecule has 0 heterocycles. The van der Waals surface area contributed by atoms with E-state index < -0.39 is 11.7 Å². The Kier molecular flexibility index (Phi) is 8.97. The van der Waals surface area contributed by atoms with Gasteiger partial charge in [0.1, 0.15) is 17.1 Å². The molecule has 0 aliphatic rings. The van der Waals surface area contributed by atoms with E-state index in [4.69, 9.17) is 9.47 Å². The van der Waals surface area contributed by atoms with Crippen molar-refractivity contribution in [2.24, 2.45) is 0 Å². The quantitative estimate of drug-likeness (QED) is 0.417. The lowest BCUT2D eigenvalue weighted by atomic mass is 9.88. The molecular weight excluding hydrogens is 388 g/mol. The van der Waals surface area contributed by atoms with Crippen molar-refractivity contribution in [1.82, 2.24) is 0 Å². The smallest absolute Gasteiger partial charge is 0.347 e. The maximum Gasteiger partial charge on any atom is 0.347 e. The van der Waals surface area contributed by atoms with Gasteiger partial charge in [-0.25, -0.2) is 4.79 Å². The predicted molar refractivity (Wildman–Crippen MR) is 126 cm³/mol. The number of aromatic hydroxyl groups is 1. The normalized spacial score (nSPS) is 14.5. The molecule has 0 aliphatic carbocycles. The Hall–Kier alpha value is -2.49. The molecule has 170 valence electrons. The van der Waals surface area contributed by atoms with Crippen LogP contribution in [0.3, 0.4) is 0 Å². The lowest BCUT2D eigenvalue weighted by molar-refractivity contribution is -0.162. The van der Waals surface area contributed by atoms with E-state index in [1.807, 2.05) is 45.0 Å². The molecule has 0 fully saturated rings. The van der Waals surface area contributed by atoms with Crippen LogP contribution in [0.25, 0.3) is 0 Å². The zero-order chi connectivity index (χ0) is 23.0. The Bertz CT molecular complexity index is 803. The van der Waals surface area contributed by atoms with Gasteiger partial charge in [0.25, 0.3) is 0 Å². The molecule has 3 unspecified atom stereocenters. The number of phenolic OH excluding ortho intramolecular Hbond substituents is 1. The van der Waals surface area contributed by atoms with Gasteiger partial charge in [-0.05, 0) is 94.2 Å². The molecule has 2 aromatic carbocycles. The number of hydrogen-bond acceptors (Lipinski definition) is 4. The maximum atomic E-state index is 12.1. The minimum absolute atomic E-state index is 0.320. The molecule has 2 aromatic rings. The van der Waals surface area contributed by atoms with E-state index >= 15 is 0 Å². The average Bonchev–Trinajstić information content (AvgIpc) is 2.71. The minimum atomic E-state index is -0.645. The van der Waals surface area contributed by atoms with E-state index in [1.165, 1.54) is 11.1 Å². The Labute approximate surface area is 187 Å². The van der Waals surface area contributed by atoms with Gasteiger partial charge in [-0.2, -0.15) is 0 Å². The lowest BCUT2D eigenvalue weighted by Crippen LogP contribution is -2.33. The molecule has 1 N–H and O–H groups in total. The van der Waals surface area contributed by atoms with Crippen LogP contribution in [0.5, 0.6) is 11.5 Å². The van der Waals surface area contributed by atoms with E-state index in [0.717, 1.165) is 25.7 Å². The standard InChI is InChI=1S/C27H38O4/c1-7-21(23-11-15-24(28)16-12-23)10-8-9-19(2)22-13-17-25(18-14-22)30-20(3)26(29)31-27(4,5)6/h11-21,28H,7-10H2,1-6H3. The van der Waals surface area contributed by atoms with Gasteiger partial charge < -0.3 is 14.6 Å². The van der Waals surface area contributed by atoms with Gasteiger partial charge in [0.2, 0.25) is 0 Å². The molecule has 0 spiro atoms. The van der Waals surface area contributed by atoms with Crippen molar-refractivity contribution in [2.75, 3.05) is 0 Å². The summed E-state index contributed by atoms with van der Waals surface area (Å²) in [6.07, 6.45) is 3.85. The number of rotatable bonds is 10. The fourth-order valence-electron chi connectivity index (χ4n) is 3.70. The van der Waals surface area contributed by atoms with Crippen LogP contribution in [0.15, 0.2) is 48.5 Å². The Morgan fingerprint density at radius 1 is 0.935 bits per heavy atom. The zero-order valence-corrected chi connectivity index (χ0v) is 19.9. The molecule has 0 bridgehead atoms. The second kappa shape index (κ2) is 11.2. The molecular formula is C27H38O4. The zero-order valence-electron chi connectivity index (χ0n) is 19.9. The van der Waals surface area contributed by atoms with Gasteiger partial charge in [-0.15, -0.1) is 0 Å². The summed E-state index contributed by atoms with van der Waals surface area (Å²) in [6.45, 7) is 11.7. The van der Waals surface area contributed by atoms with Crippen molar-refractivity contribution in [3.63, 3.8) is 0 Å². The van der Waals surface area contributed by atoms with Crippen LogP contribution >= 0.6 is 0 Å². The van der Waals surface area contributed by atoms with E-state index in [0.29, 0.717) is 23.3 Å². The van der Waals surface area contributed by atoms with Crippen molar-refractivity contribution in [3.05, 3.63) is 59.7 Å². The summed E-state index contributed by atoms with van der Waals surface area (Å²) in [6, 6.07) is 15.6. The minimum Gasteiger partial charge on any atom is -0.508 e. The predicted octanol–water partition coefficient (Wildman–Crippen LogP) is 6.97. The van der Waals surface area contributed by atoms with E-state index in [-0.39, 0.29) is 5.97 Å². The number of carbonyl (C=O) groups excluding carboxylic acids is 1. The molecule has 0 amide bonds. The first-order chi connectivity index (χ1) is 14.6. The Morgan fingerprint density at radius 2 is 1.52 bits per heavy atom. The van der Waals surface area contributed by atoms with Crippen molar-refractivity contribution in [2.45, 2.75) is 90.8 Å². The number of carbonyl (C=O) groups is 1. The summed E-state index contributed by atoms with van der Waals surface area (Å²) in [4.78, 5) is 12.1. The van der Waals surface area contributed by atoms with Crippen LogP contribution in [-0.4, -0.2) is 22.8 Å². The third-order valence-corrected chi connectivity index (χ3v) is 5.55. The van der Waals surface area contributed by atoms with Gasteiger partial charge in [-0.1, -0.05) is 44.5 Å². The van der Waals surface area contributed by atoms with E-state index in [1.54, 1.807) is 19.1 Å². The summed E-state index contributed by atoms with van der Waals surface area (Å²) in [5.41, 5.74) is 2.05. The molecule has 3 atom stereocenters.